The van der Waals surface area contributed by atoms with Crippen molar-refractivity contribution in [2.75, 3.05) is 6.61 Å². The molecule has 6 heteroatoms. The van der Waals surface area contributed by atoms with Gasteiger partial charge in [0.2, 0.25) is 5.88 Å². The normalized spacial score (nSPS) is 14.5. The molecule has 0 aliphatic carbocycles. The minimum absolute atomic E-state index is 0.0343. The van der Waals surface area contributed by atoms with E-state index in [1.807, 2.05) is 60.7 Å². The molecule has 2 N–H and O–H groups in total. The van der Waals surface area contributed by atoms with Crippen LogP contribution in [0.2, 0.25) is 0 Å². The van der Waals surface area contributed by atoms with Gasteiger partial charge in [0.1, 0.15) is 28.9 Å². The molecular weight excluding hydrogens is 440 g/mol. The van der Waals surface area contributed by atoms with E-state index in [0.717, 1.165) is 41.7 Å². The molecule has 6 nitrogen and oxygen atoms in total. The summed E-state index contributed by atoms with van der Waals surface area (Å²) in [7, 11) is 0. The summed E-state index contributed by atoms with van der Waals surface area (Å²) in [5.41, 5.74) is 8.97. The van der Waals surface area contributed by atoms with Gasteiger partial charge in [-0.2, -0.15) is 5.26 Å². The van der Waals surface area contributed by atoms with Crippen LogP contribution in [0, 0.1) is 11.3 Å². The molecule has 0 saturated carbocycles. The summed E-state index contributed by atoms with van der Waals surface area (Å²) in [4.78, 5) is 12.4. The molecule has 35 heavy (non-hydrogen) atoms. The molecule has 0 bridgehead atoms. The highest BCUT2D eigenvalue weighted by molar-refractivity contribution is 5.75. The molecule has 0 spiro atoms. The largest absolute Gasteiger partial charge is 0.494 e. The third kappa shape index (κ3) is 5.82. The Morgan fingerprint density at radius 1 is 1.03 bits per heavy atom. The van der Waals surface area contributed by atoms with Crippen LogP contribution in [-0.2, 0) is 11.2 Å². The topological polar surface area (TPSA) is 94.6 Å². The second-order valence-electron chi connectivity index (χ2n) is 8.39. The summed E-state index contributed by atoms with van der Waals surface area (Å²) in [6.07, 6.45) is 3.39. The number of fused-ring (bicyclic) bond motifs is 1. The molecule has 1 unspecified atom stereocenters. The minimum atomic E-state index is -0.419. The molecule has 1 atom stereocenters. The third-order valence-corrected chi connectivity index (χ3v) is 5.82. The molecule has 1 heterocycles. The van der Waals surface area contributed by atoms with Gasteiger partial charge in [-0.3, -0.25) is 4.79 Å². The van der Waals surface area contributed by atoms with Crippen LogP contribution >= 0.6 is 0 Å². The number of rotatable bonds is 9. The lowest BCUT2D eigenvalue weighted by Crippen LogP contribution is -2.21. The minimum Gasteiger partial charge on any atom is -0.494 e. The molecule has 4 rings (SSSR count). The molecule has 0 aromatic heterocycles. The number of carbonyl (C=O) groups is 1. The van der Waals surface area contributed by atoms with Gasteiger partial charge in [0.15, 0.2) is 0 Å². The van der Waals surface area contributed by atoms with Gasteiger partial charge in [-0.25, -0.2) is 0 Å². The summed E-state index contributed by atoms with van der Waals surface area (Å²) in [5.74, 6) is 0.783. The van der Waals surface area contributed by atoms with Gasteiger partial charge in [0.25, 0.3) is 0 Å². The number of allylic oxidation sites excluding steroid dienone is 1. The van der Waals surface area contributed by atoms with E-state index in [4.69, 9.17) is 19.9 Å². The molecule has 178 valence electrons. The summed E-state index contributed by atoms with van der Waals surface area (Å²) in [5, 5.41) is 9.83. The Hall–Kier alpha value is -4.24. The number of nitriles is 1. The summed E-state index contributed by atoms with van der Waals surface area (Å²) in [6, 6.07) is 24.4. The van der Waals surface area contributed by atoms with Gasteiger partial charge >= 0.3 is 5.97 Å². The number of benzene rings is 3. The van der Waals surface area contributed by atoms with Crippen molar-refractivity contribution in [1.29, 1.82) is 5.26 Å². The Kier molecular flexibility index (Phi) is 7.69. The SMILES string of the molecule is CCCCCOc1cccc(C2C(C#N)=C(N)Oc3cc(OC(=O)Cc4ccccc4)ccc32)c1. The van der Waals surface area contributed by atoms with Crippen LogP contribution in [0.1, 0.15) is 48.8 Å². The molecule has 0 saturated heterocycles. The zero-order valence-corrected chi connectivity index (χ0v) is 19.7. The predicted molar refractivity (Wildman–Crippen MR) is 133 cm³/mol. The molecule has 0 fully saturated rings. The van der Waals surface area contributed by atoms with E-state index in [9.17, 15) is 10.1 Å². The number of esters is 1. The first-order chi connectivity index (χ1) is 17.1. The van der Waals surface area contributed by atoms with Gasteiger partial charge in [0, 0.05) is 11.6 Å². The highest BCUT2D eigenvalue weighted by Gasteiger charge is 2.31. The van der Waals surface area contributed by atoms with Crippen LogP contribution in [0.3, 0.4) is 0 Å². The highest BCUT2D eigenvalue weighted by Crippen LogP contribution is 2.44. The summed E-state index contributed by atoms with van der Waals surface area (Å²) < 4.78 is 17.2. The van der Waals surface area contributed by atoms with Crippen molar-refractivity contribution in [1.82, 2.24) is 0 Å². The van der Waals surface area contributed by atoms with Crippen molar-refractivity contribution in [3.63, 3.8) is 0 Å². The zero-order valence-electron chi connectivity index (χ0n) is 19.7. The van der Waals surface area contributed by atoms with E-state index >= 15 is 0 Å². The number of hydrogen-bond donors (Lipinski definition) is 1. The molecule has 1 aliphatic rings. The van der Waals surface area contributed by atoms with Crippen molar-refractivity contribution >= 4 is 5.97 Å². The fourth-order valence-corrected chi connectivity index (χ4v) is 4.10. The first-order valence-corrected chi connectivity index (χ1v) is 11.8. The number of nitrogens with two attached hydrogens (primary N) is 1. The maximum absolute atomic E-state index is 12.4. The van der Waals surface area contributed by atoms with Crippen molar-refractivity contribution in [2.45, 2.75) is 38.5 Å². The van der Waals surface area contributed by atoms with Gasteiger partial charge in [-0.15, -0.1) is 0 Å². The standard InChI is InChI=1S/C29H28N2O4/c1-2-3-7-15-33-22-12-8-11-21(17-22)28-24-14-13-23(18-26(24)35-29(31)25(28)19-30)34-27(32)16-20-9-5-4-6-10-20/h4-6,8-14,17-18,28H,2-3,7,15-16,31H2,1H3. The molecule has 0 radical (unpaired) electrons. The summed E-state index contributed by atoms with van der Waals surface area (Å²) in [6.45, 7) is 2.79. The third-order valence-electron chi connectivity index (χ3n) is 5.82. The van der Waals surface area contributed by atoms with Crippen LogP contribution in [0.5, 0.6) is 17.2 Å². The highest BCUT2D eigenvalue weighted by atomic mass is 16.5. The summed E-state index contributed by atoms with van der Waals surface area (Å²) >= 11 is 0. The average Bonchev–Trinajstić information content (AvgIpc) is 2.86. The Labute approximate surface area is 205 Å². The number of ether oxygens (including phenoxy) is 3. The fraction of sp³-hybridized carbons (Fsp3) is 0.241. The van der Waals surface area contributed by atoms with Gasteiger partial charge in [-0.1, -0.05) is 68.3 Å². The van der Waals surface area contributed by atoms with Gasteiger partial charge in [0.05, 0.1) is 18.9 Å². The number of nitrogens with zero attached hydrogens (tertiary/aromatic N) is 1. The first-order valence-electron chi connectivity index (χ1n) is 11.8. The molecule has 3 aromatic carbocycles. The zero-order chi connectivity index (χ0) is 24.6. The maximum atomic E-state index is 12.4. The fourth-order valence-electron chi connectivity index (χ4n) is 4.10. The van der Waals surface area contributed by atoms with Crippen LogP contribution in [0.4, 0.5) is 0 Å². The second-order valence-corrected chi connectivity index (χ2v) is 8.39. The quantitative estimate of drug-likeness (QED) is 0.249. The Morgan fingerprint density at radius 2 is 1.86 bits per heavy atom. The van der Waals surface area contributed by atoms with Gasteiger partial charge < -0.3 is 19.9 Å². The van der Waals surface area contributed by atoms with Gasteiger partial charge in [-0.05, 0) is 35.7 Å². The van der Waals surface area contributed by atoms with Crippen LogP contribution < -0.4 is 19.9 Å². The lowest BCUT2D eigenvalue weighted by atomic mass is 9.83. The van der Waals surface area contributed by atoms with Crippen molar-refractivity contribution in [3.8, 4) is 23.3 Å². The van der Waals surface area contributed by atoms with E-state index in [1.54, 1.807) is 12.1 Å². The number of unbranched alkanes of at least 4 members (excludes halogenated alkanes) is 2. The number of hydrogen-bond acceptors (Lipinski definition) is 6. The Morgan fingerprint density at radius 3 is 2.63 bits per heavy atom. The maximum Gasteiger partial charge on any atom is 0.315 e. The van der Waals surface area contributed by atoms with E-state index < -0.39 is 5.92 Å². The van der Waals surface area contributed by atoms with E-state index in [1.165, 1.54) is 0 Å². The number of carbonyl (C=O) groups excluding carboxylic acids is 1. The van der Waals surface area contributed by atoms with E-state index in [2.05, 4.69) is 13.0 Å². The van der Waals surface area contributed by atoms with E-state index in [0.29, 0.717) is 23.7 Å². The van der Waals surface area contributed by atoms with Crippen LogP contribution in [0.15, 0.2) is 84.3 Å². The molecule has 0 amide bonds. The van der Waals surface area contributed by atoms with Crippen molar-refractivity contribution < 1.29 is 19.0 Å². The van der Waals surface area contributed by atoms with Crippen molar-refractivity contribution in [3.05, 3.63) is 101 Å². The second kappa shape index (κ2) is 11.3. The van der Waals surface area contributed by atoms with E-state index in [-0.39, 0.29) is 18.3 Å². The Bertz CT molecular complexity index is 1260. The van der Waals surface area contributed by atoms with Crippen molar-refractivity contribution in [2.24, 2.45) is 5.73 Å². The Balaban J connectivity index is 1.57. The lowest BCUT2D eigenvalue weighted by Gasteiger charge is -2.27. The van der Waals surface area contributed by atoms with Crippen LogP contribution in [-0.4, -0.2) is 12.6 Å². The first kappa shape index (κ1) is 23.9. The molecule has 1 aliphatic heterocycles. The molecule has 3 aromatic rings. The van der Waals surface area contributed by atoms with Crippen LogP contribution in [0.25, 0.3) is 0 Å². The monoisotopic (exact) mass is 468 g/mol. The predicted octanol–water partition coefficient (Wildman–Crippen LogP) is 5.62. The lowest BCUT2D eigenvalue weighted by molar-refractivity contribution is -0.133. The smallest absolute Gasteiger partial charge is 0.315 e. The average molecular weight is 469 g/mol. The molecular formula is C29H28N2O4.